The van der Waals surface area contributed by atoms with Gasteiger partial charge in [-0.3, -0.25) is 0 Å². The molecule has 0 heterocycles. The monoisotopic (exact) mass is 271 g/mol. The van der Waals surface area contributed by atoms with Gasteiger partial charge in [0.05, 0.1) is 11.3 Å². The van der Waals surface area contributed by atoms with E-state index in [0.717, 1.165) is 30.9 Å². The standard InChI is InChI=1S/C17H25N3/c1-3-19-13-14-9-10-17(15(11-14)12-18)20(4-2)16-7-5-6-8-16/h9-11,16,19H,3-8,13H2,1-2H3. The predicted molar refractivity (Wildman–Crippen MR) is 83.8 cm³/mol. The van der Waals surface area contributed by atoms with Crippen LogP contribution >= 0.6 is 0 Å². The molecule has 0 saturated heterocycles. The smallest absolute Gasteiger partial charge is 0.101 e. The highest BCUT2D eigenvalue weighted by atomic mass is 15.2. The third kappa shape index (κ3) is 3.32. The van der Waals surface area contributed by atoms with Gasteiger partial charge in [-0.2, -0.15) is 5.26 Å². The first-order valence-corrected chi connectivity index (χ1v) is 7.80. The van der Waals surface area contributed by atoms with Crippen molar-refractivity contribution in [2.45, 2.75) is 52.1 Å². The fourth-order valence-electron chi connectivity index (χ4n) is 3.14. The molecule has 3 heteroatoms. The van der Waals surface area contributed by atoms with Crippen LogP contribution in [-0.2, 0) is 6.54 Å². The Morgan fingerprint density at radius 1 is 1.30 bits per heavy atom. The van der Waals surface area contributed by atoms with Crippen LogP contribution < -0.4 is 10.2 Å². The number of nitriles is 1. The normalized spacial score (nSPS) is 15.2. The molecule has 20 heavy (non-hydrogen) atoms. The maximum atomic E-state index is 9.46. The van der Waals surface area contributed by atoms with E-state index in [1.54, 1.807) is 0 Å². The molecule has 0 bridgehead atoms. The molecule has 1 N–H and O–H groups in total. The van der Waals surface area contributed by atoms with E-state index < -0.39 is 0 Å². The van der Waals surface area contributed by atoms with Gasteiger partial charge >= 0.3 is 0 Å². The molecule has 0 atom stereocenters. The first kappa shape index (κ1) is 14.9. The number of benzene rings is 1. The Labute approximate surface area is 122 Å². The van der Waals surface area contributed by atoms with Crippen molar-refractivity contribution < 1.29 is 0 Å². The number of hydrogen-bond acceptors (Lipinski definition) is 3. The number of rotatable bonds is 6. The molecule has 0 radical (unpaired) electrons. The summed E-state index contributed by atoms with van der Waals surface area (Å²) in [7, 11) is 0. The van der Waals surface area contributed by atoms with Crippen molar-refractivity contribution in [3.63, 3.8) is 0 Å². The Balaban J connectivity index is 2.23. The van der Waals surface area contributed by atoms with E-state index in [1.165, 1.54) is 31.2 Å². The molecule has 0 aliphatic heterocycles. The summed E-state index contributed by atoms with van der Waals surface area (Å²) in [4.78, 5) is 2.42. The van der Waals surface area contributed by atoms with Gasteiger partial charge in [-0.15, -0.1) is 0 Å². The molecule has 1 fully saturated rings. The Bertz CT molecular complexity index is 470. The average Bonchev–Trinajstić information content (AvgIpc) is 3.00. The summed E-state index contributed by atoms with van der Waals surface area (Å²) in [5, 5.41) is 12.8. The van der Waals surface area contributed by atoms with Gasteiger partial charge in [-0.25, -0.2) is 0 Å². The van der Waals surface area contributed by atoms with Crippen molar-refractivity contribution in [3.05, 3.63) is 29.3 Å². The van der Waals surface area contributed by atoms with Crippen LogP contribution in [0, 0.1) is 11.3 Å². The summed E-state index contributed by atoms with van der Waals surface area (Å²) in [6.07, 6.45) is 5.17. The van der Waals surface area contributed by atoms with Gasteiger partial charge in [0.15, 0.2) is 0 Å². The quantitative estimate of drug-likeness (QED) is 0.861. The third-order valence-corrected chi connectivity index (χ3v) is 4.18. The first-order valence-electron chi connectivity index (χ1n) is 7.80. The second-order valence-corrected chi connectivity index (χ2v) is 5.47. The van der Waals surface area contributed by atoms with Crippen LogP contribution in [0.15, 0.2) is 18.2 Å². The van der Waals surface area contributed by atoms with Crippen molar-refractivity contribution >= 4 is 5.69 Å². The zero-order chi connectivity index (χ0) is 14.4. The fraction of sp³-hybridized carbons (Fsp3) is 0.588. The van der Waals surface area contributed by atoms with Crippen molar-refractivity contribution in [1.29, 1.82) is 5.26 Å². The molecule has 1 saturated carbocycles. The minimum absolute atomic E-state index is 0.617. The predicted octanol–water partition coefficient (Wildman–Crippen LogP) is 3.44. The van der Waals surface area contributed by atoms with Crippen LogP contribution in [0.5, 0.6) is 0 Å². The molecule has 0 unspecified atom stereocenters. The lowest BCUT2D eigenvalue weighted by Gasteiger charge is -2.31. The Kier molecular flexibility index (Phi) is 5.43. The van der Waals surface area contributed by atoms with Gasteiger partial charge in [0.25, 0.3) is 0 Å². The maximum Gasteiger partial charge on any atom is 0.101 e. The molecule has 3 nitrogen and oxygen atoms in total. The molecule has 1 aromatic rings. The molecular weight excluding hydrogens is 246 g/mol. The maximum absolute atomic E-state index is 9.46. The zero-order valence-corrected chi connectivity index (χ0v) is 12.7. The Morgan fingerprint density at radius 3 is 2.65 bits per heavy atom. The number of hydrogen-bond donors (Lipinski definition) is 1. The zero-order valence-electron chi connectivity index (χ0n) is 12.7. The Hall–Kier alpha value is -1.53. The van der Waals surface area contributed by atoms with Crippen LogP contribution in [0.3, 0.4) is 0 Å². The van der Waals surface area contributed by atoms with Crippen molar-refractivity contribution in [3.8, 4) is 6.07 Å². The highest BCUT2D eigenvalue weighted by Crippen LogP contribution is 2.30. The van der Waals surface area contributed by atoms with Crippen molar-refractivity contribution in [2.24, 2.45) is 0 Å². The summed E-state index contributed by atoms with van der Waals surface area (Å²) in [5.41, 5.74) is 3.12. The molecular formula is C17H25N3. The summed E-state index contributed by atoms with van der Waals surface area (Å²) < 4.78 is 0. The van der Waals surface area contributed by atoms with Gasteiger partial charge in [0.1, 0.15) is 6.07 Å². The molecule has 0 amide bonds. The summed E-state index contributed by atoms with van der Waals surface area (Å²) in [5.74, 6) is 0. The minimum Gasteiger partial charge on any atom is -0.368 e. The molecule has 0 spiro atoms. The molecule has 108 valence electrons. The molecule has 0 aromatic heterocycles. The molecule has 1 aliphatic carbocycles. The minimum atomic E-state index is 0.617. The van der Waals surface area contributed by atoms with Gasteiger partial charge in [-0.1, -0.05) is 25.8 Å². The van der Waals surface area contributed by atoms with E-state index in [0.29, 0.717) is 6.04 Å². The fourth-order valence-corrected chi connectivity index (χ4v) is 3.14. The van der Waals surface area contributed by atoms with Gasteiger partial charge in [-0.05, 0) is 44.0 Å². The van der Waals surface area contributed by atoms with Crippen LogP contribution in [-0.4, -0.2) is 19.1 Å². The second-order valence-electron chi connectivity index (χ2n) is 5.47. The number of nitrogens with one attached hydrogen (secondary N) is 1. The third-order valence-electron chi connectivity index (χ3n) is 4.18. The largest absolute Gasteiger partial charge is 0.368 e. The topological polar surface area (TPSA) is 39.1 Å². The van der Waals surface area contributed by atoms with E-state index in [1.807, 2.05) is 6.07 Å². The van der Waals surface area contributed by atoms with E-state index in [4.69, 9.17) is 0 Å². The van der Waals surface area contributed by atoms with Gasteiger partial charge < -0.3 is 10.2 Å². The number of anilines is 1. The van der Waals surface area contributed by atoms with E-state index in [2.05, 4.69) is 42.3 Å². The Morgan fingerprint density at radius 2 is 2.05 bits per heavy atom. The lowest BCUT2D eigenvalue weighted by atomic mass is 10.1. The van der Waals surface area contributed by atoms with E-state index in [9.17, 15) is 5.26 Å². The lowest BCUT2D eigenvalue weighted by Crippen LogP contribution is -2.33. The average molecular weight is 271 g/mol. The SMILES string of the molecule is CCNCc1ccc(N(CC)C2CCCC2)c(C#N)c1. The van der Waals surface area contributed by atoms with Crippen LogP contribution in [0.25, 0.3) is 0 Å². The molecule has 1 aromatic carbocycles. The summed E-state index contributed by atoms with van der Waals surface area (Å²) >= 11 is 0. The van der Waals surface area contributed by atoms with Crippen molar-refractivity contribution in [1.82, 2.24) is 5.32 Å². The second kappa shape index (κ2) is 7.31. The van der Waals surface area contributed by atoms with Gasteiger partial charge in [0.2, 0.25) is 0 Å². The first-order chi connectivity index (χ1) is 9.80. The molecule has 1 aliphatic rings. The van der Waals surface area contributed by atoms with E-state index >= 15 is 0 Å². The van der Waals surface area contributed by atoms with Crippen LogP contribution in [0.4, 0.5) is 5.69 Å². The summed E-state index contributed by atoms with van der Waals surface area (Å²) in [6.45, 7) is 7.05. The van der Waals surface area contributed by atoms with Gasteiger partial charge in [0, 0.05) is 19.1 Å². The summed E-state index contributed by atoms with van der Waals surface area (Å²) in [6, 6.07) is 9.32. The highest BCUT2D eigenvalue weighted by molar-refractivity contribution is 5.61. The van der Waals surface area contributed by atoms with E-state index in [-0.39, 0.29) is 0 Å². The number of nitrogens with zero attached hydrogens (tertiary/aromatic N) is 2. The molecule has 2 rings (SSSR count). The van der Waals surface area contributed by atoms with Crippen LogP contribution in [0.2, 0.25) is 0 Å². The van der Waals surface area contributed by atoms with Crippen LogP contribution in [0.1, 0.15) is 50.7 Å². The van der Waals surface area contributed by atoms with Crippen molar-refractivity contribution in [2.75, 3.05) is 18.0 Å². The highest BCUT2D eigenvalue weighted by Gasteiger charge is 2.23. The lowest BCUT2D eigenvalue weighted by molar-refractivity contribution is 0.619.